The minimum atomic E-state index is -0.985. The minimum absolute atomic E-state index is 0.214. The van der Waals surface area contributed by atoms with Gasteiger partial charge in [-0.1, -0.05) is 17.7 Å². The van der Waals surface area contributed by atoms with Gasteiger partial charge in [0.2, 0.25) is 0 Å². The highest BCUT2D eigenvalue weighted by atomic mass is 35.5. The first-order valence-electron chi connectivity index (χ1n) is 6.76. The number of hydrogen-bond donors (Lipinski definition) is 1. The second kappa shape index (κ2) is 5.10. The Bertz CT molecular complexity index is 915. The number of aromatic nitrogens is 3. The summed E-state index contributed by atoms with van der Waals surface area (Å²) in [6.45, 7) is 5.44. The van der Waals surface area contributed by atoms with Gasteiger partial charge in [0.1, 0.15) is 0 Å². The molecular formula is C16H14ClN3O2. The number of halogens is 1. The third-order valence-corrected chi connectivity index (χ3v) is 4.05. The first kappa shape index (κ1) is 14.5. The summed E-state index contributed by atoms with van der Waals surface area (Å²) in [6.07, 6.45) is 0. The van der Waals surface area contributed by atoms with E-state index in [4.69, 9.17) is 11.6 Å². The van der Waals surface area contributed by atoms with Gasteiger partial charge in [-0.2, -0.15) is 5.10 Å². The molecule has 0 amide bonds. The molecular weight excluding hydrogens is 302 g/mol. The number of rotatable bonds is 2. The van der Waals surface area contributed by atoms with Crippen LogP contribution in [0.25, 0.3) is 16.7 Å². The number of pyridine rings is 1. The molecule has 112 valence electrons. The van der Waals surface area contributed by atoms with Crippen LogP contribution in [0.5, 0.6) is 0 Å². The predicted molar refractivity (Wildman–Crippen MR) is 85.0 cm³/mol. The van der Waals surface area contributed by atoms with E-state index in [1.54, 1.807) is 30.7 Å². The number of aromatic carboxylic acids is 1. The van der Waals surface area contributed by atoms with Gasteiger partial charge in [-0.3, -0.25) is 0 Å². The summed E-state index contributed by atoms with van der Waals surface area (Å²) in [6, 6.07) is 7.09. The van der Waals surface area contributed by atoms with E-state index >= 15 is 0 Å². The van der Waals surface area contributed by atoms with Gasteiger partial charge in [0, 0.05) is 10.7 Å². The smallest absolute Gasteiger partial charge is 0.336 e. The average molecular weight is 316 g/mol. The van der Waals surface area contributed by atoms with Crippen molar-refractivity contribution in [2.75, 3.05) is 0 Å². The van der Waals surface area contributed by atoms with Crippen molar-refractivity contribution in [3.63, 3.8) is 0 Å². The summed E-state index contributed by atoms with van der Waals surface area (Å²) in [4.78, 5) is 16.0. The molecule has 0 aliphatic heterocycles. The molecule has 0 aliphatic carbocycles. The van der Waals surface area contributed by atoms with E-state index in [0.717, 1.165) is 11.3 Å². The van der Waals surface area contributed by atoms with Crippen molar-refractivity contribution < 1.29 is 9.90 Å². The zero-order chi connectivity index (χ0) is 16.0. The summed E-state index contributed by atoms with van der Waals surface area (Å²) < 4.78 is 1.66. The Morgan fingerprint density at radius 1 is 1.27 bits per heavy atom. The van der Waals surface area contributed by atoms with Crippen molar-refractivity contribution in [2.24, 2.45) is 0 Å². The Labute approximate surface area is 132 Å². The quantitative estimate of drug-likeness (QED) is 0.783. The fourth-order valence-corrected chi connectivity index (χ4v) is 2.75. The minimum Gasteiger partial charge on any atom is -0.478 e. The zero-order valence-corrected chi connectivity index (χ0v) is 13.1. The van der Waals surface area contributed by atoms with Crippen molar-refractivity contribution in [2.45, 2.75) is 20.8 Å². The SMILES string of the molecule is Cc1cc(C(=O)O)c2c(C)nn(-c3cccc(Cl)c3C)c2n1. The normalized spacial score (nSPS) is 11.1. The zero-order valence-electron chi connectivity index (χ0n) is 12.4. The molecule has 3 rings (SSSR count). The van der Waals surface area contributed by atoms with E-state index < -0.39 is 5.97 Å². The maximum absolute atomic E-state index is 11.5. The number of nitrogens with zero attached hydrogens (tertiary/aromatic N) is 3. The molecule has 1 N–H and O–H groups in total. The summed E-state index contributed by atoms with van der Waals surface area (Å²) in [5.41, 5.74) is 3.66. The molecule has 0 radical (unpaired) electrons. The summed E-state index contributed by atoms with van der Waals surface area (Å²) in [7, 11) is 0. The number of carbonyl (C=O) groups is 1. The molecule has 6 heteroatoms. The summed E-state index contributed by atoms with van der Waals surface area (Å²) in [5, 5.41) is 15.1. The van der Waals surface area contributed by atoms with Gasteiger partial charge in [-0.15, -0.1) is 0 Å². The van der Waals surface area contributed by atoms with Crippen LogP contribution in [-0.2, 0) is 0 Å². The molecule has 22 heavy (non-hydrogen) atoms. The predicted octanol–water partition coefficient (Wildman–Crippen LogP) is 3.70. The summed E-state index contributed by atoms with van der Waals surface area (Å²) >= 11 is 6.18. The average Bonchev–Trinajstić information content (AvgIpc) is 2.78. The van der Waals surface area contributed by atoms with Gasteiger partial charge in [0.15, 0.2) is 5.65 Å². The van der Waals surface area contributed by atoms with Gasteiger partial charge in [0.05, 0.1) is 22.3 Å². The Hall–Kier alpha value is -2.40. The lowest BCUT2D eigenvalue weighted by molar-refractivity contribution is 0.0698. The van der Waals surface area contributed by atoms with Crippen LogP contribution in [0, 0.1) is 20.8 Å². The number of benzene rings is 1. The van der Waals surface area contributed by atoms with Crippen LogP contribution in [0.4, 0.5) is 0 Å². The highest BCUT2D eigenvalue weighted by Crippen LogP contribution is 2.28. The molecule has 3 aromatic rings. The maximum Gasteiger partial charge on any atom is 0.336 e. The van der Waals surface area contributed by atoms with Crippen molar-refractivity contribution in [3.8, 4) is 5.69 Å². The van der Waals surface area contributed by atoms with Crippen molar-refractivity contribution in [1.82, 2.24) is 14.8 Å². The lowest BCUT2D eigenvalue weighted by Gasteiger charge is -2.08. The largest absolute Gasteiger partial charge is 0.478 e. The van der Waals surface area contributed by atoms with Crippen LogP contribution in [0.2, 0.25) is 5.02 Å². The van der Waals surface area contributed by atoms with E-state index in [0.29, 0.717) is 27.4 Å². The molecule has 2 aromatic heterocycles. The molecule has 0 atom stereocenters. The monoisotopic (exact) mass is 315 g/mol. The van der Waals surface area contributed by atoms with Gasteiger partial charge < -0.3 is 5.11 Å². The Morgan fingerprint density at radius 2 is 2.00 bits per heavy atom. The Morgan fingerprint density at radius 3 is 2.68 bits per heavy atom. The van der Waals surface area contributed by atoms with E-state index in [1.807, 2.05) is 19.1 Å². The molecule has 0 spiro atoms. The first-order chi connectivity index (χ1) is 10.4. The van der Waals surface area contributed by atoms with E-state index in [1.165, 1.54) is 0 Å². The topological polar surface area (TPSA) is 68.0 Å². The Kier molecular flexibility index (Phi) is 3.37. The van der Waals surface area contributed by atoms with E-state index in [9.17, 15) is 9.90 Å². The standard InChI is InChI=1S/C16H14ClN3O2/c1-8-7-11(16(21)22)14-10(3)19-20(15(14)18-8)13-6-4-5-12(17)9(13)2/h4-7H,1-3H3,(H,21,22). The Balaban J connectivity index is 2.42. The van der Waals surface area contributed by atoms with E-state index in [2.05, 4.69) is 10.1 Å². The molecule has 0 bridgehead atoms. The van der Waals surface area contributed by atoms with Gasteiger partial charge in [0.25, 0.3) is 0 Å². The molecule has 2 heterocycles. The number of aryl methyl sites for hydroxylation is 2. The lowest BCUT2D eigenvalue weighted by atomic mass is 10.1. The van der Waals surface area contributed by atoms with Gasteiger partial charge >= 0.3 is 5.97 Å². The molecule has 5 nitrogen and oxygen atoms in total. The summed E-state index contributed by atoms with van der Waals surface area (Å²) in [5.74, 6) is -0.985. The number of carboxylic acid groups (broad SMARTS) is 1. The second-order valence-electron chi connectivity index (χ2n) is 5.20. The lowest BCUT2D eigenvalue weighted by Crippen LogP contribution is -2.03. The number of hydrogen-bond acceptors (Lipinski definition) is 3. The van der Waals surface area contributed by atoms with Crippen LogP contribution in [0.1, 0.15) is 27.3 Å². The van der Waals surface area contributed by atoms with Crippen LogP contribution in [-0.4, -0.2) is 25.8 Å². The molecule has 0 saturated carbocycles. The second-order valence-corrected chi connectivity index (χ2v) is 5.60. The van der Waals surface area contributed by atoms with Crippen molar-refractivity contribution >= 4 is 28.6 Å². The highest BCUT2D eigenvalue weighted by Gasteiger charge is 2.19. The van der Waals surface area contributed by atoms with Crippen molar-refractivity contribution in [1.29, 1.82) is 0 Å². The van der Waals surface area contributed by atoms with Crippen LogP contribution >= 0.6 is 11.6 Å². The van der Waals surface area contributed by atoms with Crippen LogP contribution < -0.4 is 0 Å². The van der Waals surface area contributed by atoms with Crippen molar-refractivity contribution in [3.05, 3.63) is 51.8 Å². The van der Waals surface area contributed by atoms with Gasteiger partial charge in [-0.05, 0) is 44.5 Å². The van der Waals surface area contributed by atoms with Gasteiger partial charge in [-0.25, -0.2) is 14.5 Å². The third-order valence-electron chi connectivity index (χ3n) is 3.64. The molecule has 0 saturated heterocycles. The first-order valence-corrected chi connectivity index (χ1v) is 7.13. The fourth-order valence-electron chi connectivity index (χ4n) is 2.58. The van der Waals surface area contributed by atoms with E-state index in [-0.39, 0.29) is 5.56 Å². The maximum atomic E-state index is 11.5. The number of fused-ring (bicyclic) bond motifs is 1. The molecule has 0 fully saturated rings. The highest BCUT2D eigenvalue weighted by molar-refractivity contribution is 6.31. The fraction of sp³-hybridized carbons (Fsp3) is 0.188. The third kappa shape index (κ3) is 2.14. The number of carboxylic acids is 1. The molecule has 0 aliphatic rings. The van der Waals surface area contributed by atoms with Crippen LogP contribution in [0.15, 0.2) is 24.3 Å². The van der Waals surface area contributed by atoms with Crippen LogP contribution in [0.3, 0.4) is 0 Å². The molecule has 0 unspecified atom stereocenters. The molecule has 1 aromatic carbocycles.